The molecule has 0 radical (unpaired) electrons. The number of aryl methyl sites for hydroxylation is 1. The number of rotatable bonds is 4. The van der Waals surface area contributed by atoms with Gasteiger partial charge in [-0.05, 0) is 61.5 Å². The van der Waals surface area contributed by atoms with Crippen LogP contribution in [0, 0.1) is 6.92 Å². The molecule has 0 saturated carbocycles. The molecule has 0 unspecified atom stereocenters. The second-order valence-corrected chi connectivity index (χ2v) is 11.9. The summed E-state index contributed by atoms with van der Waals surface area (Å²) in [6.07, 6.45) is 1.84. The predicted octanol–water partition coefficient (Wildman–Crippen LogP) is 5.52. The van der Waals surface area contributed by atoms with Gasteiger partial charge in [-0.3, -0.25) is 4.98 Å². The van der Waals surface area contributed by atoms with E-state index in [1.807, 2.05) is 49.5 Å². The van der Waals surface area contributed by atoms with Gasteiger partial charge in [0.05, 0.1) is 11.9 Å². The van der Waals surface area contributed by atoms with Gasteiger partial charge >= 0.3 is 0 Å². The molecule has 1 aromatic heterocycles. The SMILES string of the molecule is Cc1ccc(Nc2ccc(O[Si](C)(C)C(C)(C)C)cc2)cn1. The molecule has 22 heavy (non-hydrogen) atoms. The average Bonchev–Trinajstić information content (AvgIpc) is 2.42. The number of hydrogen-bond acceptors (Lipinski definition) is 3. The Bertz CT molecular complexity index is 613. The van der Waals surface area contributed by atoms with Crippen LogP contribution in [-0.2, 0) is 0 Å². The maximum Gasteiger partial charge on any atom is 0.250 e. The van der Waals surface area contributed by atoms with Crippen LogP contribution in [0.3, 0.4) is 0 Å². The van der Waals surface area contributed by atoms with Gasteiger partial charge in [0.2, 0.25) is 8.32 Å². The minimum Gasteiger partial charge on any atom is -0.544 e. The van der Waals surface area contributed by atoms with E-state index in [4.69, 9.17) is 4.43 Å². The molecule has 0 aliphatic carbocycles. The van der Waals surface area contributed by atoms with Gasteiger partial charge in [0.25, 0.3) is 0 Å². The number of nitrogens with zero attached hydrogens (tertiary/aromatic N) is 1. The standard InChI is InChI=1S/C18H26N2OSi/c1-14-7-8-16(13-19-14)20-15-9-11-17(12-10-15)21-22(5,6)18(2,3)4/h7-13,20H,1-6H3. The molecule has 0 amide bonds. The van der Waals surface area contributed by atoms with Crippen LogP contribution >= 0.6 is 0 Å². The zero-order valence-electron chi connectivity index (χ0n) is 14.4. The number of anilines is 2. The van der Waals surface area contributed by atoms with Gasteiger partial charge in [-0.2, -0.15) is 0 Å². The zero-order chi connectivity index (χ0) is 16.4. The fourth-order valence-corrected chi connectivity index (χ4v) is 2.79. The smallest absolute Gasteiger partial charge is 0.250 e. The van der Waals surface area contributed by atoms with E-state index in [2.05, 4.69) is 44.2 Å². The van der Waals surface area contributed by atoms with E-state index in [1.54, 1.807) is 0 Å². The highest BCUT2D eigenvalue weighted by molar-refractivity contribution is 6.74. The number of aromatic nitrogens is 1. The molecule has 4 heteroatoms. The first-order chi connectivity index (χ1) is 10.2. The van der Waals surface area contributed by atoms with Crippen molar-refractivity contribution in [3.8, 4) is 5.75 Å². The van der Waals surface area contributed by atoms with Crippen molar-refractivity contribution in [1.82, 2.24) is 4.98 Å². The van der Waals surface area contributed by atoms with Crippen molar-refractivity contribution in [2.75, 3.05) is 5.32 Å². The Labute approximate surface area is 134 Å². The van der Waals surface area contributed by atoms with Gasteiger partial charge in [0.1, 0.15) is 5.75 Å². The number of pyridine rings is 1. The maximum atomic E-state index is 6.29. The molecule has 118 valence electrons. The van der Waals surface area contributed by atoms with Crippen LogP contribution in [0.4, 0.5) is 11.4 Å². The van der Waals surface area contributed by atoms with Crippen LogP contribution in [0.2, 0.25) is 18.1 Å². The van der Waals surface area contributed by atoms with E-state index in [1.165, 1.54) is 0 Å². The molecule has 0 spiro atoms. The van der Waals surface area contributed by atoms with Gasteiger partial charge < -0.3 is 9.74 Å². The molecule has 1 heterocycles. The van der Waals surface area contributed by atoms with Gasteiger partial charge in [-0.15, -0.1) is 0 Å². The Morgan fingerprint density at radius 1 is 0.955 bits per heavy atom. The third-order valence-electron chi connectivity index (χ3n) is 4.23. The normalized spacial score (nSPS) is 12.1. The van der Waals surface area contributed by atoms with Crippen molar-refractivity contribution in [2.24, 2.45) is 0 Å². The summed E-state index contributed by atoms with van der Waals surface area (Å²) in [6, 6.07) is 12.2. The molecule has 0 fully saturated rings. The summed E-state index contributed by atoms with van der Waals surface area (Å²) in [4.78, 5) is 4.29. The molecule has 1 N–H and O–H groups in total. The molecule has 0 bridgehead atoms. The maximum absolute atomic E-state index is 6.29. The van der Waals surface area contributed by atoms with Crippen LogP contribution in [0.5, 0.6) is 5.75 Å². The Kier molecular flexibility index (Phi) is 4.61. The molecular formula is C18H26N2OSi. The van der Waals surface area contributed by atoms with Crippen molar-refractivity contribution in [3.05, 3.63) is 48.3 Å². The number of hydrogen-bond donors (Lipinski definition) is 1. The quantitative estimate of drug-likeness (QED) is 0.755. The Balaban J connectivity index is 2.06. The second kappa shape index (κ2) is 6.13. The molecular weight excluding hydrogens is 288 g/mol. The van der Waals surface area contributed by atoms with Crippen LogP contribution in [-0.4, -0.2) is 13.3 Å². The van der Waals surface area contributed by atoms with Crippen molar-refractivity contribution in [2.45, 2.75) is 45.8 Å². The minimum absolute atomic E-state index is 0.206. The largest absolute Gasteiger partial charge is 0.544 e. The van der Waals surface area contributed by atoms with Crippen molar-refractivity contribution in [3.63, 3.8) is 0 Å². The van der Waals surface area contributed by atoms with E-state index in [-0.39, 0.29) is 5.04 Å². The molecule has 0 saturated heterocycles. The Morgan fingerprint density at radius 2 is 1.55 bits per heavy atom. The molecule has 0 aliphatic heterocycles. The lowest BCUT2D eigenvalue weighted by Gasteiger charge is -2.36. The molecule has 0 aliphatic rings. The fraction of sp³-hybridized carbons (Fsp3) is 0.389. The minimum atomic E-state index is -1.77. The Hall–Kier alpha value is -1.81. The summed E-state index contributed by atoms with van der Waals surface area (Å²) in [5.74, 6) is 0.944. The highest BCUT2D eigenvalue weighted by atomic mass is 28.4. The van der Waals surface area contributed by atoms with Crippen LogP contribution in [0.25, 0.3) is 0 Å². The van der Waals surface area contributed by atoms with Crippen LogP contribution in [0.15, 0.2) is 42.6 Å². The van der Waals surface area contributed by atoms with E-state index >= 15 is 0 Å². The molecule has 3 nitrogen and oxygen atoms in total. The highest BCUT2D eigenvalue weighted by Crippen LogP contribution is 2.37. The van der Waals surface area contributed by atoms with Gasteiger partial charge in [0.15, 0.2) is 0 Å². The lowest BCUT2D eigenvalue weighted by atomic mass is 10.2. The highest BCUT2D eigenvalue weighted by Gasteiger charge is 2.38. The third kappa shape index (κ3) is 4.10. The lowest BCUT2D eigenvalue weighted by molar-refractivity contribution is 0.492. The number of benzene rings is 1. The summed E-state index contributed by atoms with van der Waals surface area (Å²) >= 11 is 0. The van der Waals surface area contributed by atoms with Crippen LogP contribution in [0.1, 0.15) is 26.5 Å². The predicted molar refractivity (Wildman–Crippen MR) is 96.5 cm³/mol. The van der Waals surface area contributed by atoms with Gasteiger partial charge in [0, 0.05) is 11.4 Å². The fourth-order valence-electron chi connectivity index (χ4n) is 1.76. The van der Waals surface area contributed by atoms with E-state index in [0.29, 0.717) is 0 Å². The topological polar surface area (TPSA) is 34.1 Å². The molecule has 2 rings (SSSR count). The first kappa shape index (κ1) is 16.6. The second-order valence-electron chi connectivity index (χ2n) is 7.20. The van der Waals surface area contributed by atoms with Crippen molar-refractivity contribution in [1.29, 1.82) is 0 Å². The first-order valence-electron chi connectivity index (χ1n) is 7.66. The van der Waals surface area contributed by atoms with Gasteiger partial charge in [-0.1, -0.05) is 20.8 Å². The van der Waals surface area contributed by atoms with E-state index < -0.39 is 8.32 Å². The van der Waals surface area contributed by atoms with E-state index in [9.17, 15) is 0 Å². The summed E-state index contributed by atoms with van der Waals surface area (Å²) in [6.45, 7) is 13.3. The molecule has 2 aromatic rings. The molecule has 1 aromatic carbocycles. The summed E-state index contributed by atoms with van der Waals surface area (Å²) in [7, 11) is -1.77. The lowest BCUT2D eigenvalue weighted by Crippen LogP contribution is -2.43. The van der Waals surface area contributed by atoms with Crippen molar-refractivity contribution >= 4 is 19.7 Å². The van der Waals surface area contributed by atoms with Gasteiger partial charge in [-0.25, -0.2) is 0 Å². The average molecular weight is 315 g/mol. The number of nitrogens with one attached hydrogen (secondary N) is 1. The third-order valence-corrected chi connectivity index (χ3v) is 8.59. The Morgan fingerprint density at radius 3 is 2.05 bits per heavy atom. The van der Waals surface area contributed by atoms with Crippen LogP contribution < -0.4 is 9.74 Å². The summed E-state index contributed by atoms with van der Waals surface area (Å²) < 4.78 is 6.29. The van der Waals surface area contributed by atoms with Crippen molar-refractivity contribution < 1.29 is 4.43 Å². The summed E-state index contributed by atoms with van der Waals surface area (Å²) in [5, 5.41) is 3.55. The molecule has 0 atom stereocenters. The summed E-state index contributed by atoms with van der Waals surface area (Å²) in [5.41, 5.74) is 3.04. The monoisotopic (exact) mass is 314 g/mol. The zero-order valence-corrected chi connectivity index (χ0v) is 15.4. The first-order valence-corrected chi connectivity index (χ1v) is 10.6. The van der Waals surface area contributed by atoms with E-state index in [0.717, 1.165) is 22.8 Å².